The van der Waals surface area contributed by atoms with Gasteiger partial charge in [0.05, 0.1) is 5.41 Å². The van der Waals surface area contributed by atoms with Crippen LogP contribution in [-0.2, 0) is 4.79 Å². The Hall–Kier alpha value is -2.11. The highest BCUT2D eigenvalue weighted by Gasteiger charge is 2.34. The molecule has 1 heterocycles. The summed E-state index contributed by atoms with van der Waals surface area (Å²) in [5, 5.41) is 12.3. The van der Waals surface area contributed by atoms with Crippen LogP contribution in [0.15, 0.2) is 18.3 Å². The summed E-state index contributed by atoms with van der Waals surface area (Å²) in [4.78, 5) is 26.4. The van der Waals surface area contributed by atoms with Crippen LogP contribution in [0.4, 0.5) is 5.82 Å². The van der Waals surface area contributed by atoms with Crippen LogP contribution in [0.1, 0.15) is 37.0 Å². The van der Waals surface area contributed by atoms with Crippen molar-refractivity contribution in [2.45, 2.75) is 26.7 Å². The van der Waals surface area contributed by atoms with Crippen molar-refractivity contribution in [3.05, 3.63) is 23.9 Å². The van der Waals surface area contributed by atoms with Crippen LogP contribution in [0.25, 0.3) is 0 Å². The maximum atomic E-state index is 11.3. The molecule has 4 N–H and O–H groups in total. The Balaban J connectivity index is 2.83. The number of carbonyl (C=O) groups is 2. The summed E-state index contributed by atoms with van der Waals surface area (Å²) in [6.45, 7) is 3.93. The Labute approximate surface area is 112 Å². The Morgan fingerprint density at radius 1 is 1.42 bits per heavy atom. The van der Waals surface area contributed by atoms with Crippen molar-refractivity contribution in [3.63, 3.8) is 0 Å². The lowest BCUT2D eigenvalue weighted by atomic mass is 9.82. The smallest absolute Gasteiger partial charge is 0.311 e. The molecule has 0 saturated heterocycles. The number of aliphatic carboxylic acids is 1. The number of nitrogens with one attached hydrogen (secondary N) is 1. The van der Waals surface area contributed by atoms with Crippen molar-refractivity contribution >= 4 is 17.7 Å². The number of anilines is 1. The molecule has 1 aromatic heterocycles. The molecule has 0 aliphatic heterocycles. The van der Waals surface area contributed by atoms with Gasteiger partial charge in [-0.2, -0.15) is 0 Å². The summed E-state index contributed by atoms with van der Waals surface area (Å²) in [7, 11) is 0. The number of rotatable bonds is 7. The second kappa shape index (κ2) is 6.17. The third-order valence-corrected chi connectivity index (χ3v) is 3.46. The van der Waals surface area contributed by atoms with Gasteiger partial charge in [-0.25, -0.2) is 4.98 Å². The minimum absolute atomic E-state index is 0.255. The molecule has 0 unspecified atom stereocenters. The van der Waals surface area contributed by atoms with E-state index in [1.54, 1.807) is 0 Å². The third-order valence-electron chi connectivity index (χ3n) is 3.46. The summed E-state index contributed by atoms with van der Waals surface area (Å²) < 4.78 is 0. The average Bonchev–Trinajstić information content (AvgIpc) is 2.40. The summed E-state index contributed by atoms with van der Waals surface area (Å²) in [6, 6.07) is 3.03. The molecule has 19 heavy (non-hydrogen) atoms. The fraction of sp³-hybridized carbons (Fsp3) is 0.462. The third kappa shape index (κ3) is 3.43. The first-order chi connectivity index (χ1) is 8.95. The number of pyridine rings is 1. The van der Waals surface area contributed by atoms with Gasteiger partial charge in [-0.3, -0.25) is 9.59 Å². The van der Waals surface area contributed by atoms with Crippen molar-refractivity contribution in [1.82, 2.24) is 4.98 Å². The van der Waals surface area contributed by atoms with Crippen molar-refractivity contribution in [1.29, 1.82) is 0 Å². The second-order valence-electron chi connectivity index (χ2n) is 4.44. The minimum atomic E-state index is -0.837. The standard InChI is InChI=1S/C13H19N3O3/c1-3-13(4-2,12(18)19)8-16-10-7-9(11(14)17)5-6-15-10/h5-7H,3-4,8H2,1-2H3,(H2,14,17)(H,15,16)(H,18,19). The monoisotopic (exact) mass is 265 g/mol. The van der Waals surface area contributed by atoms with Gasteiger partial charge in [-0.05, 0) is 25.0 Å². The zero-order valence-corrected chi connectivity index (χ0v) is 11.1. The molecule has 1 aromatic rings. The van der Waals surface area contributed by atoms with E-state index in [0.29, 0.717) is 24.2 Å². The highest BCUT2D eigenvalue weighted by atomic mass is 16.4. The van der Waals surface area contributed by atoms with E-state index in [2.05, 4.69) is 10.3 Å². The number of carboxylic acid groups (broad SMARTS) is 1. The Morgan fingerprint density at radius 2 is 2.05 bits per heavy atom. The molecule has 0 fully saturated rings. The minimum Gasteiger partial charge on any atom is -0.481 e. The topological polar surface area (TPSA) is 105 Å². The van der Waals surface area contributed by atoms with E-state index in [-0.39, 0.29) is 6.54 Å². The zero-order chi connectivity index (χ0) is 14.5. The zero-order valence-electron chi connectivity index (χ0n) is 11.1. The highest BCUT2D eigenvalue weighted by molar-refractivity contribution is 5.93. The summed E-state index contributed by atoms with van der Waals surface area (Å²) in [5.74, 6) is -0.930. The van der Waals surface area contributed by atoms with Gasteiger partial charge < -0.3 is 16.2 Å². The molecule has 0 radical (unpaired) electrons. The first-order valence-electron chi connectivity index (χ1n) is 6.18. The van der Waals surface area contributed by atoms with Gasteiger partial charge >= 0.3 is 5.97 Å². The number of primary amides is 1. The van der Waals surface area contributed by atoms with Crippen LogP contribution in [0.5, 0.6) is 0 Å². The largest absolute Gasteiger partial charge is 0.481 e. The van der Waals surface area contributed by atoms with E-state index in [9.17, 15) is 14.7 Å². The molecule has 6 nitrogen and oxygen atoms in total. The van der Waals surface area contributed by atoms with Crippen LogP contribution >= 0.6 is 0 Å². The number of hydrogen-bond acceptors (Lipinski definition) is 4. The predicted octanol–water partition coefficient (Wildman–Crippen LogP) is 1.48. The van der Waals surface area contributed by atoms with Crippen molar-refractivity contribution in [2.75, 3.05) is 11.9 Å². The van der Waals surface area contributed by atoms with Gasteiger partial charge in [0.1, 0.15) is 5.82 Å². The molecule has 0 spiro atoms. The summed E-state index contributed by atoms with van der Waals surface area (Å²) >= 11 is 0. The number of carbonyl (C=O) groups excluding carboxylic acids is 1. The van der Waals surface area contributed by atoms with E-state index in [1.165, 1.54) is 18.3 Å². The van der Waals surface area contributed by atoms with Crippen LogP contribution in [-0.4, -0.2) is 28.5 Å². The molecule has 0 aromatic carbocycles. The highest BCUT2D eigenvalue weighted by Crippen LogP contribution is 2.27. The van der Waals surface area contributed by atoms with Gasteiger partial charge in [0.2, 0.25) is 5.91 Å². The van der Waals surface area contributed by atoms with Crippen molar-refractivity contribution in [3.8, 4) is 0 Å². The quantitative estimate of drug-likeness (QED) is 0.692. The summed E-state index contributed by atoms with van der Waals surface area (Å²) in [5.41, 5.74) is 4.69. The van der Waals surface area contributed by atoms with E-state index in [0.717, 1.165) is 0 Å². The number of carboxylic acids is 1. The van der Waals surface area contributed by atoms with Crippen LogP contribution in [0.3, 0.4) is 0 Å². The van der Waals surface area contributed by atoms with E-state index in [4.69, 9.17) is 5.73 Å². The number of aromatic nitrogens is 1. The number of hydrogen-bond donors (Lipinski definition) is 3. The fourth-order valence-electron chi connectivity index (χ4n) is 1.82. The normalized spacial score (nSPS) is 11.1. The fourth-order valence-corrected chi connectivity index (χ4v) is 1.82. The predicted molar refractivity (Wildman–Crippen MR) is 71.9 cm³/mol. The van der Waals surface area contributed by atoms with Gasteiger partial charge in [-0.15, -0.1) is 0 Å². The lowest BCUT2D eigenvalue weighted by Crippen LogP contribution is -2.37. The van der Waals surface area contributed by atoms with Crippen LogP contribution < -0.4 is 11.1 Å². The van der Waals surface area contributed by atoms with Crippen LogP contribution in [0.2, 0.25) is 0 Å². The first-order valence-corrected chi connectivity index (χ1v) is 6.18. The molecule has 0 bridgehead atoms. The van der Waals surface area contributed by atoms with Gasteiger partial charge in [0, 0.05) is 18.3 Å². The molecule has 1 amide bonds. The van der Waals surface area contributed by atoms with Gasteiger partial charge in [0.15, 0.2) is 0 Å². The molecule has 0 aliphatic rings. The molecular weight excluding hydrogens is 246 g/mol. The van der Waals surface area contributed by atoms with Gasteiger partial charge in [-0.1, -0.05) is 13.8 Å². The number of nitrogens with two attached hydrogens (primary N) is 1. The van der Waals surface area contributed by atoms with E-state index >= 15 is 0 Å². The van der Waals surface area contributed by atoms with Crippen LogP contribution in [0, 0.1) is 5.41 Å². The first kappa shape index (κ1) is 14.9. The number of nitrogens with zero attached hydrogens (tertiary/aromatic N) is 1. The van der Waals surface area contributed by atoms with Gasteiger partial charge in [0.25, 0.3) is 0 Å². The van der Waals surface area contributed by atoms with E-state index in [1.807, 2.05) is 13.8 Å². The lowest BCUT2D eigenvalue weighted by Gasteiger charge is -2.27. The molecular formula is C13H19N3O3. The summed E-state index contributed by atoms with van der Waals surface area (Å²) in [6.07, 6.45) is 2.49. The second-order valence-corrected chi connectivity index (χ2v) is 4.44. The van der Waals surface area contributed by atoms with Crippen molar-refractivity contribution in [2.24, 2.45) is 11.1 Å². The molecule has 104 valence electrons. The number of amides is 1. The molecule has 0 atom stereocenters. The molecule has 0 saturated carbocycles. The molecule has 0 aliphatic carbocycles. The van der Waals surface area contributed by atoms with Crippen molar-refractivity contribution < 1.29 is 14.7 Å². The Morgan fingerprint density at radius 3 is 2.53 bits per heavy atom. The maximum absolute atomic E-state index is 11.3. The maximum Gasteiger partial charge on any atom is 0.311 e. The SMILES string of the molecule is CCC(CC)(CNc1cc(C(N)=O)ccn1)C(=O)O. The molecule has 6 heteroatoms. The van der Waals surface area contributed by atoms with E-state index < -0.39 is 17.3 Å². The Kier molecular flexibility index (Phi) is 4.86. The molecule has 1 rings (SSSR count). The Bertz CT molecular complexity index is 470. The average molecular weight is 265 g/mol. The lowest BCUT2D eigenvalue weighted by molar-refractivity contribution is -0.148.